The highest BCUT2D eigenvalue weighted by atomic mass is 16.7. The molecule has 0 aromatic rings. The zero-order valence-corrected chi connectivity index (χ0v) is 22.8. The third-order valence-electron chi connectivity index (χ3n) is 6.88. The van der Waals surface area contributed by atoms with Gasteiger partial charge in [0, 0.05) is 12.6 Å². The van der Waals surface area contributed by atoms with Gasteiger partial charge < -0.3 is 35.2 Å². The molecule has 2 aliphatic rings. The molecule has 0 saturated carbocycles. The first-order valence-corrected chi connectivity index (χ1v) is 13.1. The van der Waals surface area contributed by atoms with Crippen molar-refractivity contribution >= 4 is 5.91 Å². The molecular formula is C29H45NO7. The van der Waals surface area contributed by atoms with Crippen LogP contribution < -0.4 is 5.32 Å². The number of carbonyl (C=O) groups excluding carboxylic acids is 1. The van der Waals surface area contributed by atoms with Crippen molar-refractivity contribution in [1.29, 1.82) is 0 Å². The van der Waals surface area contributed by atoms with Gasteiger partial charge in [0.2, 0.25) is 5.91 Å². The normalized spacial score (nSPS) is 29.4. The second-order valence-corrected chi connectivity index (χ2v) is 10.6. The Hall–Kier alpha value is -2.07. The molecule has 0 aromatic heterocycles. The molecule has 5 atom stereocenters. The van der Waals surface area contributed by atoms with E-state index in [1.54, 1.807) is 0 Å². The second-order valence-electron chi connectivity index (χ2n) is 10.6. The Balaban J connectivity index is 1.74. The molecule has 8 heteroatoms. The molecule has 1 heterocycles. The first-order valence-electron chi connectivity index (χ1n) is 13.1. The maximum atomic E-state index is 12.2. The average molecular weight is 520 g/mol. The van der Waals surface area contributed by atoms with Crippen molar-refractivity contribution in [1.82, 2.24) is 5.32 Å². The lowest BCUT2D eigenvalue weighted by molar-refractivity contribution is -0.301. The highest BCUT2D eigenvalue weighted by Crippen LogP contribution is 2.40. The van der Waals surface area contributed by atoms with Gasteiger partial charge in [0.25, 0.3) is 0 Å². The topological polar surface area (TPSA) is 128 Å². The van der Waals surface area contributed by atoms with E-state index in [2.05, 4.69) is 45.2 Å². The van der Waals surface area contributed by atoms with Crippen LogP contribution in [0.4, 0.5) is 0 Å². The molecule has 3 unspecified atom stereocenters. The summed E-state index contributed by atoms with van der Waals surface area (Å²) in [6, 6.07) is 0. The third-order valence-corrected chi connectivity index (χ3v) is 6.88. The highest BCUT2D eigenvalue weighted by molar-refractivity contribution is 5.88. The molecule has 5 N–H and O–H groups in total. The summed E-state index contributed by atoms with van der Waals surface area (Å²) in [5.74, 6) is -0.225. The minimum Gasteiger partial charge on any atom is -0.394 e. The fraction of sp³-hybridized carbons (Fsp3) is 0.621. The summed E-state index contributed by atoms with van der Waals surface area (Å²) in [7, 11) is 0. The van der Waals surface area contributed by atoms with E-state index in [0.717, 1.165) is 11.1 Å². The van der Waals surface area contributed by atoms with E-state index in [-0.39, 0.29) is 17.9 Å². The standard InChI is InChI=1S/C29H45NO7/c1-19(12-13-22-21(3)11-7-14-29(22,4)5)9-6-10-20(2)17-24(32)30-15-8-16-36-28-27(35)26(34)25(33)23(18-31)37-28/h6,9-10,12-13,17,23,25-28,31,33-35H,7-8,11,14-16,18H2,1-5H3,(H,30,32)/b10-6+,13-12+,19-9+,20-17-/t23?,25-,26?,27?,28+/m0/s1. The van der Waals surface area contributed by atoms with Crippen molar-refractivity contribution < 1.29 is 34.7 Å². The summed E-state index contributed by atoms with van der Waals surface area (Å²) in [4.78, 5) is 12.2. The van der Waals surface area contributed by atoms with Crippen LogP contribution in [0.25, 0.3) is 0 Å². The molecule has 8 nitrogen and oxygen atoms in total. The Kier molecular flexibility index (Phi) is 12.4. The molecule has 208 valence electrons. The fourth-order valence-corrected chi connectivity index (χ4v) is 4.63. The Morgan fingerprint density at radius 3 is 2.54 bits per heavy atom. The molecule has 0 aromatic carbocycles. The molecule has 1 aliphatic heterocycles. The van der Waals surface area contributed by atoms with Gasteiger partial charge in [-0.3, -0.25) is 4.79 Å². The summed E-state index contributed by atoms with van der Waals surface area (Å²) in [6.45, 7) is 10.7. The zero-order chi connectivity index (χ0) is 27.6. The maximum Gasteiger partial charge on any atom is 0.244 e. The number of aliphatic hydroxyl groups excluding tert-OH is 4. The van der Waals surface area contributed by atoms with Gasteiger partial charge in [-0.15, -0.1) is 0 Å². The number of amides is 1. The summed E-state index contributed by atoms with van der Waals surface area (Å²) in [5.41, 5.74) is 5.07. The van der Waals surface area contributed by atoms with Crippen molar-refractivity contribution in [3.8, 4) is 0 Å². The first-order chi connectivity index (χ1) is 17.5. The Bertz CT molecular complexity index is 913. The minimum absolute atomic E-state index is 0.150. The molecule has 37 heavy (non-hydrogen) atoms. The van der Waals surface area contributed by atoms with Crippen LogP contribution in [0.2, 0.25) is 0 Å². The number of rotatable bonds is 11. The predicted molar refractivity (Wildman–Crippen MR) is 143 cm³/mol. The molecule has 1 amide bonds. The lowest BCUT2D eigenvalue weighted by Gasteiger charge is -2.39. The summed E-state index contributed by atoms with van der Waals surface area (Å²) in [6.07, 6.45) is 9.32. The van der Waals surface area contributed by atoms with E-state index in [1.807, 2.05) is 25.2 Å². The van der Waals surface area contributed by atoms with Crippen LogP contribution in [0.1, 0.15) is 60.3 Å². The molecule has 0 radical (unpaired) electrons. The molecule has 0 spiro atoms. The summed E-state index contributed by atoms with van der Waals surface area (Å²) in [5, 5.41) is 41.5. The van der Waals surface area contributed by atoms with Crippen LogP contribution in [-0.2, 0) is 14.3 Å². The molecule has 1 fully saturated rings. The van der Waals surface area contributed by atoms with Gasteiger partial charge in [-0.2, -0.15) is 0 Å². The average Bonchev–Trinajstić information content (AvgIpc) is 2.83. The summed E-state index contributed by atoms with van der Waals surface area (Å²) >= 11 is 0. The van der Waals surface area contributed by atoms with Gasteiger partial charge in [-0.25, -0.2) is 0 Å². The van der Waals surface area contributed by atoms with E-state index >= 15 is 0 Å². The number of ether oxygens (including phenoxy) is 2. The van der Waals surface area contributed by atoms with Gasteiger partial charge in [0.1, 0.15) is 24.4 Å². The van der Waals surface area contributed by atoms with Crippen LogP contribution in [0.3, 0.4) is 0 Å². The molecular weight excluding hydrogens is 474 g/mol. The summed E-state index contributed by atoms with van der Waals surface area (Å²) < 4.78 is 10.7. The molecule has 2 rings (SSSR count). The zero-order valence-electron chi connectivity index (χ0n) is 22.8. The number of carbonyl (C=O) groups is 1. The fourth-order valence-electron chi connectivity index (χ4n) is 4.63. The monoisotopic (exact) mass is 519 g/mol. The number of nitrogens with one attached hydrogen (secondary N) is 1. The van der Waals surface area contributed by atoms with Crippen molar-refractivity contribution in [3.05, 3.63) is 58.7 Å². The van der Waals surface area contributed by atoms with E-state index in [0.29, 0.717) is 13.0 Å². The smallest absolute Gasteiger partial charge is 0.244 e. The third kappa shape index (κ3) is 9.63. The predicted octanol–water partition coefficient (Wildman–Crippen LogP) is 2.84. The molecule has 1 aliphatic carbocycles. The SMILES string of the molecule is CC1=C(/C=C/C(C)=C/C=C/C(C)=C\C(=O)NCCCO[C@@H]2OC(CO)[C@H](O)C(O)C2O)C(C)(C)CCC1. The quantitative estimate of drug-likeness (QED) is 0.161. The van der Waals surface area contributed by atoms with Gasteiger partial charge >= 0.3 is 0 Å². The Labute approximate surface area is 221 Å². The van der Waals surface area contributed by atoms with Crippen molar-refractivity contribution in [2.24, 2.45) is 5.41 Å². The lowest BCUT2D eigenvalue weighted by atomic mass is 9.72. The van der Waals surface area contributed by atoms with Crippen molar-refractivity contribution in [2.45, 2.75) is 91.0 Å². The number of hydrogen-bond donors (Lipinski definition) is 5. The van der Waals surface area contributed by atoms with E-state index in [4.69, 9.17) is 9.47 Å². The Morgan fingerprint density at radius 2 is 1.86 bits per heavy atom. The highest BCUT2D eigenvalue weighted by Gasteiger charge is 2.43. The molecule has 1 saturated heterocycles. The Morgan fingerprint density at radius 1 is 1.14 bits per heavy atom. The van der Waals surface area contributed by atoms with Gasteiger partial charge in [0.15, 0.2) is 6.29 Å². The van der Waals surface area contributed by atoms with E-state index < -0.39 is 37.3 Å². The van der Waals surface area contributed by atoms with E-state index in [1.165, 1.54) is 36.5 Å². The van der Waals surface area contributed by atoms with Crippen LogP contribution >= 0.6 is 0 Å². The lowest BCUT2D eigenvalue weighted by Crippen LogP contribution is -2.59. The van der Waals surface area contributed by atoms with Crippen molar-refractivity contribution in [3.63, 3.8) is 0 Å². The van der Waals surface area contributed by atoms with Crippen LogP contribution in [0.15, 0.2) is 58.7 Å². The first kappa shape index (κ1) is 31.1. The van der Waals surface area contributed by atoms with Crippen LogP contribution in [0, 0.1) is 5.41 Å². The number of aliphatic hydroxyl groups is 4. The van der Waals surface area contributed by atoms with Crippen LogP contribution in [-0.4, -0.2) is 76.8 Å². The minimum atomic E-state index is -1.47. The maximum absolute atomic E-state index is 12.2. The van der Waals surface area contributed by atoms with Crippen molar-refractivity contribution in [2.75, 3.05) is 19.8 Å². The second kappa shape index (κ2) is 14.8. The largest absolute Gasteiger partial charge is 0.394 e. The van der Waals surface area contributed by atoms with Gasteiger partial charge in [-0.1, -0.05) is 55.4 Å². The van der Waals surface area contributed by atoms with Gasteiger partial charge in [0.05, 0.1) is 13.2 Å². The van der Waals surface area contributed by atoms with Crippen LogP contribution in [0.5, 0.6) is 0 Å². The van der Waals surface area contributed by atoms with Gasteiger partial charge in [-0.05, 0) is 63.0 Å². The number of allylic oxidation sites excluding steroid dienone is 9. The van der Waals surface area contributed by atoms with E-state index in [9.17, 15) is 25.2 Å². The molecule has 0 bridgehead atoms. The number of hydrogen-bond acceptors (Lipinski definition) is 7.